The first-order chi connectivity index (χ1) is 46.3. The molecule has 0 unspecified atom stereocenters. The van der Waals surface area contributed by atoms with Crippen molar-refractivity contribution < 1.29 is 54.1 Å². The van der Waals surface area contributed by atoms with Crippen molar-refractivity contribution in [3.8, 4) is 68.6 Å². The average Bonchev–Trinajstić information content (AvgIpc) is 1.58. The largest absolute Gasteiger partial charge is 0.508 e. The lowest BCUT2D eigenvalue weighted by molar-refractivity contribution is 0.0464. The van der Waals surface area contributed by atoms with Crippen LogP contribution < -0.4 is 21.4 Å². The SMILES string of the molecule is CC(C)c1cc(-c2n[nH]c(=O)n2-c2ccc(CN3CCN(C(=O)Oc4ccc(C(=O)OCc5ccccc5)cc4)CC3)cc2)c(O)cc1O.CC(C)c1cc(-c2n[nH]c(=O)n2-c2ccc(CN3CCNCC3)cc2)c(O)cc1O.O=C(OCc1ccccc1)c1ccc(O)cc1. The first-order valence-corrected chi connectivity index (χ1v) is 31.4. The van der Waals surface area contributed by atoms with Gasteiger partial charge in [-0.15, -0.1) is 0 Å². The van der Waals surface area contributed by atoms with E-state index in [9.17, 15) is 44.4 Å². The van der Waals surface area contributed by atoms with E-state index in [1.165, 1.54) is 51.1 Å². The molecule has 0 spiro atoms. The van der Waals surface area contributed by atoms with Crippen molar-refractivity contribution >= 4 is 18.0 Å². The van der Waals surface area contributed by atoms with Crippen LogP contribution in [-0.2, 0) is 35.8 Å². The minimum Gasteiger partial charge on any atom is -0.508 e. The van der Waals surface area contributed by atoms with Gasteiger partial charge in [0.1, 0.15) is 47.7 Å². The normalized spacial score (nSPS) is 13.3. The highest BCUT2D eigenvalue weighted by molar-refractivity contribution is 5.90. The van der Waals surface area contributed by atoms with Crippen molar-refractivity contribution in [2.24, 2.45) is 0 Å². The molecule has 0 bridgehead atoms. The Morgan fingerprint density at radius 2 is 0.875 bits per heavy atom. The Morgan fingerprint density at radius 1 is 0.469 bits per heavy atom. The lowest BCUT2D eigenvalue weighted by atomic mass is 9.98. The zero-order valence-electron chi connectivity index (χ0n) is 53.6. The summed E-state index contributed by atoms with van der Waals surface area (Å²) in [6.45, 7) is 16.0. The molecule has 8 N–H and O–H groups in total. The van der Waals surface area contributed by atoms with Crippen LogP contribution in [0.4, 0.5) is 4.79 Å². The van der Waals surface area contributed by atoms with Crippen LogP contribution in [0, 0.1) is 0 Å². The Balaban J connectivity index is 0.000000179. The van der Waals surface area contributed by atoms with E-state index in [-0.39, 0.29) is 59.6 Å². The molecule has 12 rings (SSSR count). The highest BCUT2D eigenvalue weighted by Crippen LogP contribution is 2.39. The van der Waals surface area contributed by atoms with E-state index in [0.29, 0.717) is 89.1 Å². The van der Waals surface area contributed by atoms with Gasteiger partial charge in [0.25, 0.3) is 0 Å². The van der Waals surface area contributed by atoms with Crippen molar-refractivity contribution in [1.29, 1.82) is 0 Å². The molecular formula is C73H76N10O13. The van der Waals surface area contributed by atoms with Gasteiger partial charge in [-0.1, -0.05) is 113 Å². The van der Waals surface area contributed by atoms with Crippen molar-refractivity contribution in [2.45, 2.75) is 65.8 Å². The Labute approximate surface area is 553 Å². The van der Waals surface area contributed by atoms with E-state index in [4.69, 9.17) is 19.3 Å². The van der Waals surface area contributed by atoms with Crippen LogP contribution in [0.2, 0.25) is 0 Å². The lowest BCUT2D eigenvalue weighted by Crippen LogP contribution is -2.49. The van der Waals surface area contributed by atoms with Crippen LogP contribution in [0.25, 0.3) is 34.2 Å². The topological polar surface area (TPSA) is 303 Å². The number of amides is 1. The number of nitrogens with one attached hydrogen (secondary N) is 3. The fourth-order valence-electron chi connectivity index (χ4n) is 10.9. The van der Waals surface area contributed by atoms with Crippen LogP contribution in [0.1, 0.15) is 93.6 Å². The number of nitrogens with zero attached hydrogens (tertiary/aromatic N) is 7. The summed E-state index contributed by atoms with van der Waals surface area (Å²) in [7, 11) is 0. The number of phenols is 5. The highest BCUT2D eigenvalue weighted by atomic mass is 16.6. The zero-order chi connectivity index (χ0) is 67.8. The second-order valence-corrected chi connectivity index (χ2v) is 23.7. The number of aromatic amines is 2. The summed E-state index contributed by atoms with van der Waals surface area (Å²) < 4.78 is 18.9. The molecule has 96 heavy (non-hydrogen) atoms. The number of phenolic OH excluding ortho intramolecular Hbond substituents is 5. The smallest absolute Gasteiger partial charge is 0.415 e. The first kappa shape index (κ1) is 67.6. The Morgan fingerprint density at radius 3 is 1.29 bits per heavy atom. The number of H-pyrrole nitrogens is 2. The minimum absolute atomic E-state index is 0.00714. The van der Waals surface area contributed by atoms with Gasteiger partial charge in [0.15, 0.2) is 11.6 Å². The Kier molecular flexibility index (Phi) is 22.2. The maximum absolute atomic E-state index is 12.8. The predicted octanol–water partition coefficient (Wildman–Crippen LogP) is 10.4. The maximum Gasteiger partial charge on any atom is 0.415 e. The fourth-order valence-corrected chi connectivity index (χ4v) is 10.9. The van der Waals surface area contributed by atoms with Crippen LogP contribution in [0.15, 0.2) is 192 Å². The van der Waals surface area contributed by atoms with Gasteiger partial charge in [0, 0.05) is 77.6 Å². The summed E-state index contributed by atoms with van der Waals surface area (Å²) in [5, 5.41) is 67.1. The quantitative estimate of drug-likeness (QED) is 0.0393. The minimum atomic E-state index is -0.457. The summed E-state index contributed by atoms with van der Waals surface area (Å²) in [5.74, 6) is -0.120. The van der Waals surface area contributed by atoms with Gasteiger partial charge in [0.05, 0.1) is 33.6 Å². The zero-order valence-corrected chi connectivity index (χ0v) is 53.6. The number of aromatic nitrogens is 6. The highest BCUT2D eigenvalue weighted by Gasteiger charge is 2.25. The van der Waals surface area contributed by atoms with Gasteiger partial charge in [-0.25, -0.2) is 43.3 Å². The van der Waals surface area contributed by atoms with E-state index in [0.717, 1.165) is 49.4 Å². The number of esters is 2. The third-order valence-electron chi connectivity index (χ3n) is 16.2. The van der Waals surface area contributed by atoms with Gasteiger partial charge < -0.3 is 50.0 Å². The second-order valence-electron chi connectivity index (χ2n) is 23.7. The molecule has 2 saturated heterocycles. The van der Waals surface area contributed by atoms with E-state index in [1.54, 1.807) is 41.3 Å². The molecule has 23 heteroatoms. The molecule has 2 fully saturated rings. The molecule has 496 valence electrons. The third kappa shape index (κ3) is 17.3. The van der Waals surface area contributed by atoms with Crippen LogP contribution >= 0.6 is 0 Å². The van der Waals surface area contributed by atoms with Crippen molar-refractivity contribution in [3.05, 3.63) is 247 Å². The molecule has 0 atom stereocenters. The number of piperazine rings is 2. The number of rotatable bonds is 17. The van der Waals surface area contributed by atoms with Gasteiger partial charge in [-0.05, 0) is 130 Å². The molecule has 1 amide bonds. The molecule has 2 aliphatic heterocycles. The number of carbonyl (C=O) groups is 3. The van der Waals surface area contributed by atoms with E-state index in [1.807, 2.05) is 137 Å². The predicted molar refractivity (Wildman–Crippen MR) is 361 cm³/mol. The van der Waals surface area contributed by atoms with E-state index in [2.05, 4.69) is 35.5 Å². The molecule has 0 radical (unpaired) electrons. The number of ether oxygens (including phenoxy) is 3. The summed E-state index contributed by atoms with van der Waals surface area (Å²) >= 11 is 0. The molecule has 0 saturated carbocycles. The molecule has 23 nitrogen and oxygen atoms in total. The Hall–Kier alpha value is -11.3. The van der Waals surface area contributed by atoms with Crippen LogP contribution in [0.3, 0.4) is 0 Å². The van der Waals surface area contributed by atoms with E-state index >= 15 is 0 Å². The van der Waals surface area contributed by atoms with Crippen molar-refractivity contribution in [1.82, 2.24) is 49.5 Å². The average molecular weight is 1300 g/mol. The molecular weight excluding hydrogens is 1220 g/mol. The van der Waals surface area contributed by atoms with Crippen molar-refractivity contribution in [3.63, 3.8) is 0 Å². The molecule has 2 aromatic heterocycles. The summed E-state index contributed by atoms with van der Waals surface area (Å²) in [4.78, 5) is 68.4. The van der Waals surface area contributed by atoms with Crippen LogP contribution in [-0.4, -0.2) is 140 Å². The summed E-state index contributed by atoms with van der Waals surface area (Å²) in [6, 6.07) is 52.4. The standard InChI is InChI=1S/C37H37N5O7.C22H27N5O3.C14H12O3/c1-24(2)30-20-31(33(44)21-32(30)43)34-38-39-36(46)42(34)28-12-8-25(9-13-28)22-40-16-18-41(19-17-40)37(47)49-29-14-10-27(11-15-29)35(45)48-23-26-6-4-3-5-7-26;1-14(2)17-11-18(20(29)12-19(17)28)21-24-25-22(30)27(21)16-5-3-15(4-6-16)13-26-9-7-23-8-10-26;15-13-8-6-12(7-9-13)14(16)17-10-11-4-2-1-3-5-11/h3-15,20-21,24,43-44H,16-19,22-23H2,1-2H3,(H,39,46);3-6,11-12,14,23,28-29H,7-10,13H2,1-2H3,(H,25,30);1-9,15H,10H2. The Bertz CT molecular complexity index is 4370. The second kappa shape index (κ2) is 31.6. The number of aromatic hydroxyl groups is 5. The molecule has 10 aromatic rings. The molecule has 4 heterocycles. The summed E-state index contributed by atoms with van der Waals surface area (Å²) in [6.07, 6.45) is -0.454. The van der Waals surface area contributed by atoms with Crippen LogP contribution in [0.5, 0.6) is 34.5 Å². The molecule has 0 aliphatic carbocycles. The number of carbonyl (C=O) groups excluding carboxylic acids is 3. The fraction of sp³-hybridized carbons (Fsp3) is 0.247. The lowest BCUT2D eigenvalue weighted by Gasteiger charge is -2.34. The summed E-state index contributed by atoms with van der Waals surface area (Å²) in [5.41, 5.74) is 7.24. The molecule has 2 aliphatic rings. The number of hydrogen-bond acceptors (Lipinski definition) is 18. The van der Waals surface area contributed by atoms with Gasteiger partial charge in [-0.2, -0.15) is 10.2 Å². The van der Waals surface area contributed by atoms with Gasteiger partial charge in [0.2, 0.25) is 0 Å². The maximum atomic E-state index is 12.8. The van der Waals surface area contributed by atoms with Gasteiger partial charge >= 0.3 is 29.4 Å². The number of hydrogen-bond donors (Lipinski definition) is 8. The van der Waals surface area contributed by atoms with Gasteiger partial charge in [-0.3, -0.25) is 9.80 Å². The first-order valence-electron chi connectivity index (χ1n) is 31.4. The van der Waals surface area contributed by atoms with E-state index < -0.39 is 29.4 Å². The molecule has 8 aromatic carbocycles. The monoisotopic (exact) mass is 1300 g/mol. The third-order valence-corrected chi connectivity index (χ3v) is 16.2. The number of benzene rings is 8. The van der Waals surface area contributed by atoms with Crippen molar-refractivity contribution in [2.75, 3.05) is 52.4 Å².